The quantitative estimate of drug-likeness (QED) is 0.193. The average Bonchev–Trinajstić information content (AvgIpc) is 3.50. The monoisotopic (exact) mass is 504 g/mol. The molecule has 0 saturated heterocycles. The lowest BCUT2D eigenvalue weighted by Gasteiger charge is -2.33. The van der Waals surface area contributed by atoms with Crippen molar-refractivity contribution < 1.29 is 19.4 Å². The summed E-state index contributed by atoms with van der Waals surface area (Å²) in [6.45, 7) is 2.01. The summed E-state index contributed by atoms with van der Waals surface area (Å²) in [5.41, 5.74) is 3.97. The van der Waals surface area contributed by atoms with E-state index in [2.05, 4.69) is 22.1 Å². The number of carbonyl (C=O) groups is 2. The summed E-state index contributed by atoms with van der Waals surface area (Å²) in [5, 5.41) is 13.6. The van der Waals surface area contributed by atoms with E-state index >= 15 is 0 Å². The van der Waals surface area contributed by atoms with Gasteiger partial charge in [-0.2, -0.15) is 0 Å². The SMILES string of the molecule is CCOC(=O)C(CCCC(=O)O)(c1cccc2c1[nH]c1ccccc12)c1cccc2c1[nH]c1ccccc12. The number of carboxylic acid groups (broad SMARTS) is 1. The van der Waals surface area contributed by atoms with E-state index in [0.717, 1.165) is 54.7 Å². The van der Waals surface area contributed by atoms with Crippen LogP contribution < -0.4 is 0 Å². The van der Waals surface area contributed by atoms with Crippen molar-refractivity contribution in [3.63, 3.8) is 0 Å². The molecule has 0 radical (unpaired) electrons. The molecule has 0 aliphatic heterocycles. The molecule has 6 nitrogen and oxygen atoms in total. The van der Waals surface area contributed by atoms with E-state index in [0.29, 0.717) is 6.42 Å². The van der Waals surface area contributed by atoms with Crippen LogP contribution in [0.1, 0.15) is 37.3 Å². The molecule has 0 bridgehead atoms. The van der Waals surface area contributed by atoms with Gasteiger partial charge in [-0.1, -0.05) is 72.8 Å². The number of para-hydroxylation sites is 4. The van der Waals surface area contributed by atoms with Gasteiger partial charge in [-0.05, 0) is 43.0 Å². The van der Waals surface area contributed by atoms with E-state index in [4.69, 9.17) is 4.74 Å². The third-order valence-electron chi connectivity index (χ3n) is 7.57. The molecule has 190 valence electrons. The Morgan fingerprint density at radius 1 is 0.737 bits per heavy atom. The van der Waals surface area contributed by atoms with Crippen LogP contribution in [0.15, 0.2) is 84.9 Å². The van der Waals surface area contributed by atoms with Gasteiger partial charge in [0.25, 0.3) is 0 Å². The highest BCUT2D eigenvalue weighted by Crippen LogP contribution is 2.46. The molecule has 2 heterocycles. The molecule has 6 rings (SSSR count). The number of benzene rings is 4. The van der Waals surface area contributed by atoms with Crippen molar-refractivity contribution in [3.05, 3.63) is 96.1 Å². The van der Waals surface area contributed by atoms with Gasteiger partial charge in [0.05, 0.1) is 17.6 Å². The van der Waals surface area contributed by atoms with Crippen LogP contribution in [-0.2, 0) is 19.7 Å². The van der Waals surface area contributed by atoms with E-state index in [1.165, 1.54) is 0 Å². The summed E-state index contributed by atoms with van der Waals surface area (Å²) >= 11 is 0. The molecule has 0 aliphatic rings. The number of rotatable bonds is 8. The minimum Gasteiger partial charge on any atom is -0.481 e. The Labute approximate surface area is 219 Å². The van der Waals surface area contributed by atoms with E-state index in [-0.39, 0.29) is 25.4 Å². The molecule has 3 N–H and O–H groups in total. The van der Waals surface area contributed by atoms with E-state index in [1.54, 1.807) is 6.92 Å². The van der Waals surface area contributed by atoms with E-state index < -0.39 is 11.4 Å². The molecule has 0 amide bonds. The normalized spacial score (nSPS) is 12.0. The third kappa shape index (κ3) is 3.64. The number of aromatic amines is 2. The molecule has 6 heteroatoms. The second-order valence-corrected chi connectivity index (χ2v) is 9.67. The first kappa shape index (κ1) is 23.8. The van der Waals surface area contributed by atoms with Crippen LogP contribution in [0.5, 0.6) is 0 Å². The van der Waals surface area contributed by atoms with Crippen molar-refractivity contribution in [3.8, 4) is 0 Å². The summed E-state index contributed by atoms with van der Waals surface area (Å²) in [6.07, 6.45) is 0.537. The maximum atomic E-state index is 14.3. The molecule has 0 atom stereocenters. The van der Waals surface area contributed by atoms with Gasteiger partial charge in [-0.3, -0.25) is 9.59 Å². The minimum absolute atomic E-state index is 0.0491. The molecule has 0 aliphatic carbocycles. The maximum Gasteiger partial charge on any atom is 0.321 e. The predicted molar refractivity (Wildman–Crippen MR) is 151 cm³/mol. The molecule has 4 aromatic carbocycles. The molecule has 0 fully saturated rings. The van der Waals surface area contributed by atoms with Gasteiger partial charge < -0.3 is 19.8 Å². The Bertz CT molecular complexity index is 1710. The fourth-order valence-electron chi connectivity index (χ4n) is 5.95. The number of aromatic nitrogens is 2. The van der Waals surface area contributed by atoms with Crippen molar-refractivity contribution in [2.45, 2.75) is 31.6 Å². The second-order valence-electron chi connectivity index (χ2n) is 9.67. The average molecular weight is 505 g/mol. The number of carboxylic acids is 1. The number of carbonyl (C=O) groups excluding carboxylic acids is 1. The van der Waals surface area contributed by atoms with Crippen LogP contribution in [0.2, 0.25) is 0 Å². The Balaban J connectivity index is 1.72. The number of hydrogen-bond acceptors (Lipinski definition) is 3. The van der Waals surface area contributed by atoms with Crippen molar-refractivity contribution in [2.75, 3.05) is 6.61 Å². The zero-order valence-corrected chi connectivity index (χ0v) is 21.1. The van der Waals surface area contributed by atoms with Crippen molar-refractivity contribution in [1.29, 1.82) is 0 Å². The summed E-state index contributed by atoms with van der Waals surface area (Å²) in [7, 11) is 0. The summed E-state index contributed by atoms with van der Waals surface area (Å²) in [5.74, 6) is -1.28. The van der Waals surface area contributed by atoms with Gasteiger partial charge in [0.1, 0.15) is 5.41 Å². The van der Waals surface area contributed by atoms with Crippen LogP contribution in [0.3, 0.4) is 0 Å². The molecule has 2 aromatic heterocycles. The Kier molecular flexibility index (Phi) is 5.87. The van der Waals surface area contributed by atoms with Crippen LogP contribution in [-0.4, -0.2) is 33.6 Å². The third-order valence-corrected chi connectivity index (χ3v) is 7.57. The summed E-state index contributed by atoms with van der Waals surface area (Å²) in [4.78, 5) is 33.0. The molecule has 0 saturated carbocycles. The molecular weight excluding hydrogens is 476 g/mol. The zero-order valence-electron chi connectivity index (χ0n) is 21.1. The van der Waals surface area contributed by atoms with Gasteiger partial charge in [0, 0.05) is 39.0 Å². The standard InChI is InChI=1S/C32H28N2O4/c1-2-38-31(37)32(19-9-18-28(35)36,24-14-7-12-22-20-10-3-5-16-26(20)33-29(22)24)25-15-8-13-23-21-11-4-6-17-27(21)34-30(23)25/h3-8,10-17,33-34H,2,9,18-19H2,1H3,(H,35,36). The zero-order chi connectivity index (χ0) is 26.3. The molecule has 0 unspecified atom stereocenters. The number of H-pyrrole nitrogens is 2. The lowest BCUT2D eigenvalue weighted by Crippen LogP contribution is -2.39. The summed E-state index contributed by atoms with van der Waals surface area (Å²) in [6, 6.07) is 28.1. The van der Waals surface area contributed by atoms with Crippen molar-refractivity contribution in [1.82, 2.24) is 9.97 Å². The fourth-order valence-corrected chi connectivity index (χ4v) is 5.95. The van der Waals surface area contributed by atoms with E-state index in [1.807, 2.05) is 72.8 Å². The highest BCUT2D eigenvalue weighted by molar-refractivity contribution is 6.12. The van der Waals surface area contributed by atoms with Crippen LogP contribution in [0.4, 0.5) is 0 Å². The number of aliphatic carboxylic acids is 1. The van der Waals surface area contributed by atoms with Gasteiger partial charge in [-0.25, -0.2) is 0 Å². The number of fused-ring (bicyclic) bond motifs is 6. The second kappa shape index (κ2) is 9.38. The van der Waals surface area contributed by atoms with Crippen molar-refractivity contribution >= 4 is 55.6 Å². The van der Waals surface area contributed by atoms with Gasteiger partial charge in [-0.15, -0.1) is 0 Å². The van der Waals surface area contributed by atoms with Gasteiger partial charge >= 0.3 is 11.9 Å². The first-order valence-electron chi connectivity index (χ1n) is 12.9. The van der Waals surface area contributed by atoms with Crippen molar-refractivity contribution in [2.24, 2.45) is 0 Å². The minimum atomic E-state index is -1.24. The number of nitrogens with one attached hydrogen (secondary N) is 2. The van der Waals surface area contributed by atoms with Gasteiger partial charge in [0.15, 0.2) is 0 Å². The topological polar surface area (TPSA) is 95.2 Å². The Morgan fingerprint density at radius 3 is 1.74 bits per heavy atom. The Morgan fingerprint density at radius 2 is 1.24 bits per heavy atom. The first-order chi connectivity index (χ1) is 18.5. The number of esters is 1. The number of hydrogen-bond donors (Lipinski definition) is 3. The molecular formula is C32H28N2O4. The largest absolute Gasteiger partial charge is 0.481 e. The van der Waals surface area contributed by atoms with Gasteiger partial charge in [0.2, 0.25) is 0 Å². The van der Waals surface area contributed by atoms with Crippen LogP contribution in [0.25, 0.3) is 43.6 Å². The van der Waals surface area contributed by atoms with Crippen LogP contribution >= 0.6 is 0 Å². The summed E-state index contributed by atoms with van der Waals surface area (Å²) < 4.78 is 5.81. The number of ether oxygens (including phenoxy) is 1. The first-order valence-corrected chi connectivity index (χ1v) is 12.9. The highest BCUT2D eigenvalue weighted by Gasteiger charge is 2.46. The van der Waals surface area contributed by atoms with Crippen LogP contribution in [0, 0.1) is 0 Å². The molecule has 38 heavy (non-hydrogen) atoms. The maximum absolute atomic E-state index is 14.3. The lowest BCUT2D eigenvalue weighted by atomic mass is 9.69. The highest BCUT2D eigenvalue weighted by atomic mass is 16.5. The molecule has 0 spiro atoms. The predicted octanol–water partition coefficient (Wildman–Crippen LogP) is 7.06. The fraction of sp³-hybridized carbons (Fsp3) is 0.188. The lowest BCUT2D eigenvalue weighted by molar-refractivity contribution is -0.149. The van der Waals surface area contributed by atoms with E-state index in [9.17, 15) is 14.7 Å². The molecule has 6 aromatic rings. The Hall–Kier alpha value is -4.58. The smallest absolute Gasteiger partial charge is 0.321 e.